The normalized spacial score (nSPS) is 12.3. The number of alkyl halides is 3. The minimum atomic E-state index is -4.62. The van der Waals surface area contributed by atoms with Gasteiger partial charge in [0.05, 0.1) is 18.4 Å². The third kappa shape index (κ3) is 3.74. The van der Waals surface area contributed by atoms with Crippen molar-refractivity contribution in [3.05, 3.63) is 53.7 Å². The largest absolute Gasteiger partial charge is 0.495 e. The average molecular weight is 386 g/mol. The minimum absolute atomic E-state index is 0.0356. The molecule has 138 valence electrons. The van der Waals surface area contributed by atoms with E-state index in [-0.39, 0.29) is 17.1 Å². The molecule has 0 radical (unpaired) electrons. The second kappa shape index (κ2) is 6.52. The van der Waals surface area contributed by atoms with Gasteiger partial charge in [0.15, 0.2) is 5.58 Å². The van der Waals surface area contributed by atoms with Gasteiger partial charge in [0, 0.05) is 5.39 Å². The molecule has 26 heavy (non-hydrogen) atoms. The first-order valence-corrected chi connectivity index (χ1v) is 8.94. The van der Waals surface area contributed by atoms with Crippen LogP contribution in [0.5, 0.6) is 5.75 Å². The van der Waals surface area contributed by atoms with Crippen LogP contribution in [0.15, 0.2) is 47.0 Å². The average Bonchev–Trinajstić information content (AvgIpc) is 2.96. The molecule has 10 heteroatoms. The Hall–Kier alpha value is -2.75. The Kier molecular flexibility index (Phi) is 4.53. The molecule has 0 fully saturated rings. The van der Waals surface area contributed by atoms with Gasteiger partial charge in [-0.05, 0) is 30.3 Å². The van der Waals surface area contributed by atoms with E-state index >= 15 is 0 Å². The molecule has 1 heterocycles. The van der Waals surface area contributed by atoms with Gasteiger partial charge in [0.2, 0.25) is 10.0 Å². The van der Waals surface area contributed by atoms with Gasteiger partial charge in [-0.2, -0.15) is 13.2 Å². The molecule has 0 bridgehead atoms. The number of aromatic nitrogens is 1. The smallest absolute Gasteiger partial charge is 0.416 e. The summed E-state index contributed by atoms with van der Waals surface area (Å²) in [6, 6.07) is 9.20. The van der Waals surface area contributed by atoms with Gasteiger partial charge in [0.25, 0.3) is 0 Å². The maximum atomic E-state index is 12.9. The van der Waals surface area contributed by atoms with Crippen molar-refractivity contribution in [1.82, 2.24) is 5.16 Å². The SMILES string of the molecule is COc1ccc(C(F)(F)F)cc1NS(=O)(=O)Cc1noc2ccccc12. The summed E-state index contributed by atoms with van der Waals surface area (Å²) in [6.45, 7) is 0. The van der Waals surface area contributed by atoms with E-state index in [1.165, 1.54) is 7.11 Å². The summed E-state index contributed by atoms with van der Waals surface area (Å²) in [4.78, 5) is 0. The van der Waals surface area contributed by atoms with E-state index in [2.05, 4.69) is 9.88 Å². The van der Waals surface area contributed by atoms with Crippen molar-refractivity contribution in [2.45, 2.75) is 11.9 Å². The van der Waals surface area contributed by atoms with Crippen LogP contribution in [0.4, 0.5) is 18.9 Å². The zero-order chi connectivity index (χ0) is 18.9. The number of nitrogens with one attached hydrogen (secondary N) is 1. The molecule has 0 atom stereocenters. The number of anilines is 1. The number of halogens is 3. The Labute approximate surface area is 146 Å². The highest BCUT2D eigenvalue weighted by molar-refractivity contribution is 7.91. The van der Waals surface area contributed by atoms with Crippen molar-refractivity contribution in [2.75, 3.05) is 11.8 Å². The Morgan fingerprint density at radius 2 is 1.92 bits per heavy atom. The summed E-state index contributed by atoms with van der Waals surface area (Å²) in [7, 11) is -2.84. The summed E-state index contributed by atoms with van der Waals surface area (Å²) in [6.07, 6.45) is -4.62. The molecule has 0 amide bonds. The van der Waals surface area contributed by atoms with Crippen molar-refractivity contribution in [2.24, 2.45) is 0 Å². The number of benzene rings is 2. The second-order valence-corrected chi connectivity index (χ2v) is 7.12. The summed E-state index contributed by atoms with van der Waals surface area (Å²) in [5.74, 6) is -0.602. The van der Waals surface area contributed by atoms with E-state index in [1.807, 2.05) is 0 Å². The highest BCUT2D eigenvalue weighted by Gasteiger charge is 2.31. The number of nitrogens with zero attached hydrogens (tertiary/aromatic N) is 1. The standard InChI is InChI=1S/C16H13F3N2O4S/c1-24-15-7-6-10(16(17,18)19)8-12(15)21-26(22,23)9-13-11-4-2-3-5-14(11)25-20-13/h2-8,21H,9H2,1H3. The van der Waals surface area contributed by atoms with Gasteiger partial charge >= 0.3 is 6.18 Å². The molecule has 0 unspecified atom stereocenters. The van der Waals surface area contributed by atoms with Crippen molar-refractivity contribution in [3.8, 4) is 5.75 Å². The molecule has 6 nitrogen and oxygen atoms in total. The molecule has 0 aliphatic carbocycles. The highest BCUT2D eigenvalue weighted by Crippen LogP contribution is 2.35. The Bertz CT molecular complexity index is 1050. The molecular formula is C16H13F3N2O4S. The molecule has 3 aromatic rings. The van der Waals surface area contributed by atoms with Gasteiger partial charge in [-0.3, -0.25) is 4.72 Å². The molecule has 0 aliphatic heterocycles. The first kappa shape index (κ1) is 18.1. The third-order valence-electron chi connectivity index (χ3n) is 3.57. The number of sulfonamides is 1. The zero-order valence-corrected chi connectivity index (χ0v) is 14.2. The van der Waals surface area contributed by atoms with Crippen molar-refractivity contribution in [1.29, 1.82) is 0 Å². The number of rotatable bonds is 5. The molecule has 2 aromatic carbocycles. The van der Waals surface area contributed by atoms with Crippen LogP contribution in [0.1, 0.15) is 11.3 Å². The van der Waals surface area contributed by atoms with Crippen molar-refractivity contribution >= 4 is 26.7 Å². The van der Waals surface area contributed by atoms with Gasteiger partial charge in [-0.1, -0.05) is 17.3 Å². The van der Waals surface area contributed by atoms with Gasteiger partial charge in [-0.15, -0.1) is 0 Å². The Balaban J connectivity index is 1.92. The molecular weight excluding hydrogens is 373 g/mol. The van der Waals surface area contributed by atoms with E-state index in [0.717, 1.165) is 12.1 Å². The fourth-order valence-corrected chi connectivity index (χ4v) is 3.52. The fraction of sp³-hybridized carbons (Fsp3) is 0.188. The maximum Gasteiger partial charge on any atom is 0.416 e. The van der Waals surface area contributed by atoms with Gasteiger partial charge in [-0.25, -0.2) is 8.42 Å². The van der Waals surface area contributed by atoms with Crippen LogP contribution >= 0.6 is 0 Å². The van der Waals surface area contributed by atoms with E-state index < -0.39 is 27.5 Å². The van der Waals surface area contributed by atoms with Crippen LogP contribution in [0, 0.1) is 0 Å². The first-order chi connectivity index (χ1) is 12.2. The van der Waals surface area contributed by atoms with Gasteiger partial charge < -0.3 is 9.26 Å². The third-order valence-corrected chi connectivity index (χ3v) is 4.76. The monoisotopic (exact) mass is 386 g/mol. The fourth-order valence-electron chi connectivity index (χ4n) is 2.39. The van der Waals surface area contributed by atoms with Crippen LogP contribution in [-0.4, -0.2) is 20.7 Å². The summed E-state index contributed by atoms with van der Waals surface area (Å²) in [5, 5.41) is 4.22. The van der Waals surface area contributed by atoms with Crippen LogP contribution < -0.4 is 9.46 Å². The minimum Gasteiger partial charge on any atom is -0.495 e. The lowest BCUT2D eigenvalue weighted by atomic mass is 10.2. The number of para-hydroxylation sites is 1. The molecule has 0 spiro atoms. The topological polar surface area (TPSA) is 81.4 Å². The molecule has 3 rings (SSSR count). The predicted octanol–water partition coefficient (Wildman–Crippen LogP) is 3.80. The molecule has 0 aliphatic rings. The molecule has 0 saturated heterocycles. The lowest BCUT2D eigenvalue weighted by molar-refractivity contribution is -0.137. The second-order valence-electron chi connectivity index (χ2n) is 5.40. The lowest BCUT2D eigenvalue weighted by Gasteiger charge is -2.14. The molecule has 0 saturated carbocycles. The number of ether oxygens (including phenoxy) is 1. The quantitative estimate of drug-likeness (QED) is 0.721. The van der Waals surface area contributed by atoms with Crippen LogP contribution in [0.3, 0.4) is 0 Å². The zero-order valence-electron chi connectivity index (χ0n) is 13.4. The Morgan fingerprint density at radius 1 is 1.19 bits per heavy atom. The molecule has 1 N–H and O–H groups in total. The number of hydrogen-bond acceptors (Lipinski definition) is 5. The van der Waals surface area contributed by atoms with E-state index in [0.29, 0.717) is 17.0 Å². The first-order valence-electron chi connectivity index (χ1n) is 7.28. The Morgan fingerprint density at radius 3 is 2.62 bits per heavy atom. The van der Waals surface area contributed by atoms with Crippen LogP contribution in [0.2, 0.25) is 0 Å². The van der Waals surface area contributed by atoms with Crippen LogP contribution in [0.25, 0.3) is 11.0 Å². The predicted molar refractivity (Wildman–Crippen MR) is 88.3 cm³/mol. The maximum absolute atomic E-state index is 12.9. The highest BCUT2D eigenvalue weighted by atomic mass is 32.2. The lowest BCUT2D eigenvalue weighted by Crippen LogP contribution is -2.17. The number of fused-ring (bicyclic) bond motifs is 1. The summed E-state index contributed by atoms with van der Waals surface area (Å²) >= 11 is 0. The summed E-state index contributed by atoms with van der Waals surface area (Å²) < 4.78 is 75.5. The van der Waals surface area contributed by atoms with E-state index in [4.69, 9.17) is 9.26 Å². The van der Waals surface area contributed by atoms with Crippen molar-refractivity contribution in [3.63, 3.8) is 0 Å². The van der Waals surface area contributed by atoms with Crippen LogP contribution in [-0.2, 0) is 22.0 Å². The van der Waals surface area contributed by atoms with Gasteiger partial charge in [0.1, 0.15) is 17.2 Å². The van der Waals surface area contributed by atoms with E-state index in [9.17, 15) is 21.6 Å². The number of methoxy groups -OCH3 is 1. The number of hydrogen-bond donors (Lipinski definition) is 1. The summed E-state index contributed by atoms with van der Waals surface area (Å²) in [5.41, 5.74) is -0.744. The van der Waals surface area contributed by atoms with E-state index in [1.54, 1.807) is 24.3 Å². The molecule has 1 aromatic heterocycles. The van der Waals surface area contributed by atoms with Crippen molar-refractivity contribution < 1.29 is 30.8 Å².